The molecule has 0 spiro atoms. The predicted octanol–water partition coefficient (Wildman–Crippen LogP) is 2.69. The Morgan fingerprint density at radius 2 is 2.00 bits per heavy atom. The molecule has 2 N–H and O–H groups in total. The van der Waals surface area contributed by atoms with E-state index >= 15 is 0 Å². The zero-order valence-corrected chi connectivity index (χ0v) is 7.90. The first-order chi connectivity index (χ1) is 6.84. The van der Waals surface area contributed by atoms with Gasteiger partial charge in [0, 0.05) is 5.39 Å². The van der Waals surface area contributed by atoms with Crippen LogP contribution < -0.4 is 5.73 Å². The normalized spacial score (nSPS) is 16.0. The Bertz CT molecular complexity index is 487. The van der Waals surface area contributed by atoms with Crippen LogP contribution in [0.4, 0.5) is 5.82 Å². The van der Waals surface area contributed by atoms with Gasteiger partial charge in [-0.1, -0.05) is 18.2 Å². The maximum atomic E-state index is 5.92. The Labute approximate surface area is 82.8 Å². The fourth-order valence-corrected chi connectivity index (χ4v) is 1.87. The molecule has 0 bridgehead atoms. The van der Waals surface area contributed by atoms with E-state index in [1.807, 2.05) is 18.2 Å². The molecule has 2 aromatic rings. The molecule has 1 aromatic carbocycles. The smallest absolute Gasteiger partial charge is 0.127 e. The van der Waals surface area contributed by atoms with Gasteiger partial charge in [0.05, 0.1) is 5.52 Å². The van der Waals surface area contributed by atoms with Crippen LogP contribution in [0.5, 0.6) is 0 Å². The summed E-state index contributed by atoms with van der Waals surface area (Å²) in [6, 6.07) is 10.3. The summed E-state index contributed by atoms with van der Waals surface area (Å²) in [5, 5.41) is 1.20. The maximum absolute atomic E-state index is 5.92. The number of rotatable bonds is 1. The third-order valence-electron chi connectivity index (χ3n) is 2.80. The second kappa shape index (κ2) is 2.71. The minimum absolute atomic E-state index is 0.673. The van der Waals surface area contributed by atoms with Crippen molar-refractivity contribution in [2.45, 2.75) is 18.8 Å². The van der Waals surface area contributed by atoms with Gasteiger partial charge in [0.2, 0.25) is 0 Å². The van der Waals surface area contributed by atoms with E-state index in [4.69, 9.17) is 5.73 Å². The number of para-hydroxylation sites is 1. The average Bonchev–Trinajstić information content (AvgIpc) is 3.00. The highest BCUT2D eigenvalue weighted by atomic mass is 14.8. The highest BCUT2D eigenvalue weighted by molar-refractivity contribution is 5.81. The van der Waals surface area contributed by atoms with Crippen molar-refractivity contribution in [2.24, 2.45) is 0 Å². The zero-order chi connectivity index (χ0) is 9.54. The summed E-state index contributed by atoms with van der Waals surface area (Å²) in [5.74, 6) is 1.39. The number of nitrogens with two attached hydrogens (primary N) is 1. The van der Waals surface area contributed by atoms with Crippen LogP contribution >= 0.6 is 0 Å². The standard InChI is InChI=1S/C12H12N2/c13-12-10(8-5-6-8)7-9-3-1-2-4-11(9)14-12/h1-4,7-8H,5-6H2,(H2,13,14). The Kier molecular flexibility index (Phi) is 1.51. The summed E-state index contributed by atoms with van der Waals surface area (Å²) < 4.78 is 0. The number of nitrogens with zero attached hydrogens (tertiary/aromatic N) is 1. The summed E-state index contributed by atoms with van der Waals surface area (Å²) in [5.41, 5.74) is 8.15. The Balaban J connectivity index is 2.26. The molecule has 2 nitrogen and oxygen atoms in total. The van der Waals surface area contributed by atoms with E-state index in [1.54, 1.807) is 0 Å². The number of anilines is 1. The van der Waals surface area contributed by atoms with Crippen molar-refractivity contribution in [2.75, 3.05) is 5.73 Å². The van der Waals surface area contributed by atoms with Gasteiger partial charge in [-0.15, -0.1) is 0 Å². The molecule has 0 unspecified atom stereocenters. The summed E-state index contributed by atoms with van der Waals surface area (Å²) >= 11 is 0. The molecule has 70 valence electrons. The van der Waals surface area contributed by atoms with Crippen LogP contribution in [0.1, 0.15) is 24.3 Å². The molecule has 1 aliphatic carbocycles. The molecule has 3 rings (SSSR count). The predicted molar refractivity (Wildman–Crippen MR) is 58.1 cm³/mol. The Hall–Kier alpha value is -1.57. The monoisotopic (exact) mass is 184 g/mol. The quantitative estimate of drug-likeness (QED) is 0.740. The van der Waals surface area contributed by atoms with Crippen molar-refractivity contribution in [3.05, 3.63) is 35.9 Å². The lowest BCUT2D eigenvalue weighted by Gasteiger charge is -2.05. The van der Waals surface area contributed by atoms with Crippen LogP contribution in [0.25, 0.3) is 10.9 Å². The van der Waals surface area contributed by atoms with Gasteiger partial charge in [0.1, 0.15) is 5.82 Å². The Morgan fingerprint density at radius 1 is 1.21 bits per heavy atom. The third-order valence-corrected chi connectivity index (χ3v) is 2.80. The molecule has 1 aliphatic rings. The van der Waals surface area contributed by atoms with Gasteiger partial charge < -0.3 is 5.73 Å². The van der Waals surface area contributed by atoms with Gasteiger partial charge >= 0.3 is 0 Å². The van der Waals surface area contributed by atoms with E-state index in [0.29, 0.717) is 11.7 Å². The second-order valence-electron chi connectivity index (χ2n) is 3.93. The molecule has 0 amide bonds. The van der Waals surface area contributed by atoms with Crippen LogP contribution in [0, 0.1) is 0 Å². The SMILES string of the molecule is Nc1nc2ccccc2cc1C1CC1. The van der Waals surface area contributed by atoms with Crippen molar-refractivity contribution in [1.29, 1.82) is 0 Å². The molecule has 0 atom stereocenters. The molecule has 1 fully saturated rings. The molecule has 0 radical (unpaired) electrons. The number of nitrogen functional groups attached to an aromatic ring is 1. The third kappa shape index (κ3) is 1.15. The molecule has 0 aliphatic heterocycles. The summed E-state index contributed by atoms with van der Waals surface area (Å²) in [6.07, 6.45) is 2.54. The number of hydrogen-bond donors (Lipinski definition) is 1. The highest BCUT2D eigenvalue weighted by Crippen LogP contribution is 2.42. The number of fused-ring (bicyclic) bond motifs is 1. The molecule has 14 heavy (non-hydrogen) atoms. The minimum Gasteiger partial charge on any atom is -0.383 e. The van der Waals surface area contributed by atoms with Crippen molar-refractivity contribution in [3.63, 3.8) is 0 Å². The van der Waals surface area contributed by atoms with Gasteiger partial charge in [-0.3, -0.25) is 0 Å². The van der Waals surface area contributed by atoms with Gasteiger partial charge in [0.15, 0.2) is 0 Å². The number of benzene rings is 1. The highest BCUT2D eigenvalue weighted by Gasteiger charge is 2.26. The number of hydrogen-bond acceptors (Lipinski definition) is 2. The van der Waals surface area contributed by atoms with Crippen LogP contribution in [0.3, 0.4) is 0 Å². The van der Waals surface area contributed by atoms with Crippen LogP contribution in [0.2, 0.25) is 0 Å². The first-order valence-electron chi connectivity index (χ1n) is 5.00. The lowest BCUT2D eigenvalue weighted by molar-refractivity contribution is 1.12. The van der Waals surface area contributed by atoms with E-state index in [9.17, 15) is 0 Å². The minimum atomic E-state index is 0.673. The topological polar surface area (TPSA) is 38.9 Å². The van der Waals surface area contributed by atoms with Crippen molar-refractivity contribution >= 4 is 16.7 Å². The molecule has 1 aromatic heterocycles. The molecule has 0 saturated heterocycles. The molecule has 1 heterocycles. The summed E-state index contributed by atoms with van der Waals surface area (Å²) in [6.45, 7) is 0. The van der Waals surface area contributed by atoms with E-state index in [1.165, 1.54) is 23.8 Å². The maximum Gasteiger partial charge on any atom is 0.127 e. The summed E-state index contributed by atoms with van der Waals surface area (Å²) in [4.78, 5) is 4.41. The Morgan fingerprint density at radius 3 is 2.79 bits per heavy atom. The molecule has 2 heteroatoms. The number of aromatic nitrogens is 1. The van der Waals surface area contributed by atoms with Crippen LogP contribution in [-0.4, -0.2) is 4.98 Å². The first-order valence-corrected chi connectivity index (χ1v) is 5.00. The molecular weight excluding hydrogens is 172 g/mol. The van der Waals surface area contributed by atoms with Crippen LogP contribution in [0.15, 0.2) is 30.3 Å². The largest absolute Gasteiger partial charge is 0.383 e. The van der Waals surface area contributed by atoms with E-state index in [-0.39, 0.29) is 0 Å². The van der Waals surface area contributed by atoms with E-state index < -0.39 is 0 Å². The van der Waals surface area contributed by atoms with E-state index in [2.05, 4.69) is 17.1 Å². The summed E-state index contributed by atoms with van der Waals surface area (Å²) in [7, 11) is 0. The fourth-order valence-electron chi connectivity index (χ4n) is 1.87. The van der Waals surface area contributed by atoms with Gasteiger partial charge in [-0.25, -0.2) is 4.98 Å². The zero-order valence-electron chi connectivity index (χ0n) is 7.90. The van der Waals surface area contributed by atoms with Crippen molar-refractivity contribution < 1.29 is 0 Å². The van der Waals surface area contributed by atoms with Gasteiger partial charge in [-0.05, 0) is 36.5 Å². The lowest BCUT2D eigenvalue weighted by atomic mass is 10.1. The average molecular weight is 184 g/mol. The molecule has 1 saturated carbocycles. The number of pyridine rings is 1. The van der Waals surface area contributed by atoms with Crippen LogP contribution in [-0.2, 0) is 0 Å². The van der Waals surface area contributed by atoms with Gasteiger partial charge in [-0.2, -0.15) is 0 Å². The van der Waals surface area contributed by atoms with E-state index in [0.717, 1.165) is 5.52 Å². The first kappa shape index (κ1) is 7.80. The molecular formula is C12H12N2. The van der Waals surface area contributed by atoms with Crippen molar-refractivity contribution in [1.82, 2.24) is 4.98 Å². The second-order valence-corrected chi connectivity index (χ2v) is 3.93. The van der Waals surface area contributed by atoms with Gasteiger partial charge in [0.25, 0.3) is 0 Å². The fraction of sp³-hybridized carbons (Fsp3) is 0.250. The van der Waals surface area contributed by atoms with Crippen molar-refractivity contribution in [3.8, 4) is 0 Å². The lowest BCUT2D eigenvalue weighted by Crippen LogP contribution is -1.96.